The number of ether oxygens (including phenoxy) is 2. The van der Waals surface area contributed by atoms with Crippen molar-refractivity contribution in [3.05, 3.63) is 54.4 Å². The first-order valence-corrected chi connectivity index (χ1v) is 9.50. The second kappa shape index (κ2) is 9.11. The van der Waals surface area contributed by atoms with Crippen molar-refractivity contribution in [2.45, 2.75) is 32.2 Å². The van der Waals surface area contributed by atoms with Gasteiger partial charge in [0.15, 0.2) is 0 Å². The molecule has 1 fully saturated rings. The number of amides is 1. The lowest BCUT2D eigenvalue weighted by molar-refractivity contribution is -0.137. The molecule has 144 valence electrons. The molecule has 1 aromatic carbocycles. The average molecular weight is 368 g/mol. The normalized spacial score (nSPS) is 17.3. The van der Waals surface area contributed by atoms with Crippen molar-refractivity contribution in [3.63, 3.8) is 0 Å². The Hall–Kier alpha value is -2.24. The predicted molar refractivity (Wildman–Crippen MR) is 105 cm³/mol. The molecule has 0 spiro atoms. The minimum Gasteiger partial charge on any atom is -0.383 e. The summed E-state index contributed by atoms with van der Waals surface area (Å²) in [6.45, 7) is 3.71. The minimum absolute atomic E-state index is 0.0161. The summed E-state index contributed by atoms with van der Waals surface area (Å²) in [4.78, 5) is 17.3. The van der Waals surface area contributed by atoms with Gasteiger partial charge in [-0.2, -0.15) is 0 Å². The zero-order valence-electron chi connectivity index (χ0n) is 16.1. The van der Waals surface area contributed by atoms with E-state index in [9.17, 15) is 4.79 Å². The number of carbonyl (C=O) groups is 1. The summed E-state index contributed by atoms with van der Waals surface area (Å²) < 4.78 is 10.7. The van der Waals surface area contributed by atoms with Gasteiger partial charge in [0.2, 0.25) is 5.91 Å². The van der Waals surface area contributed by atoms with Crippen LogP contribution in [0.4, 0.5) is 0 Å². The maximum atomic E-state index is 13.2. The monoisotopic (exact) mass is 368 g/mol. The molecule has 1 atom stereocenters. The molecule has 1 aliphatic rings. The highest BCUT2D eigenvalue weighted by Crippen LogP contribution is 2.37. The van der Waals surface area contributed by atoms with Crippen molar-refractivity contribution >= 4 is 5.91 Å². The lowest BCUT2D eigenvalue weighted by Gasteiger charge is -2.37. The number of methoxy groups -OCH3 is 1. The van der Waals surface area contributed by atoms with E-state index in [0.29, 0.717) is 26.2 Å². The molecule has 3 rings (SSSR count). The van der Waals surface area contributed by atoms with Gasteiger partial charge in [0, 0.05) is 38.8 Å². The molecule has 5 heteroatoms. The Morgan fingerprint density at radius 3 is 2.63 bits per heavy atom. The molecular weight excluding hydrogens is 340 g/mol. The van der Waals surface area contributed by atoms with Gasteiger partial charge < -0.3 is 14.8 Å². The first kappa shape index (κ1) is 19.5. The van der Waals surface area contributed by atoms with Crippen LogP contribution in [0, 0.1) is 5.41 Å². The lowest BCUT2D eigenvalue weighted by Crippen LogP contribution is -2.49. The van der Waals surface area contributed by atoms with Gasteiger partial charge in [0.1, 0.15) is 0 Å². The molecule has 1 saturated heterocycles. The Kier molecular flexibility index (Phi) is 6.58. The smallest absolute Gasteiger partial charge is 0.227 e. The number of nitrogens with one attached hydrogen (secondary N) is 1. The largest absolute Gasteiger partial charge is 0.383 e. The first-order chi connectivity index (χ1) is 13.1. The number of nitrogens with zero attached hydrogens (tertiary/aromatic N) is 1. The number of hydrogen-bond donors (Lipinski definition) is 1. The summed E-state index contributed by atoms with van der Waals surface area (Å²) in [5.74, 6) is 0.0971. The Bertz CT molecular complexity index is 742. The molecule has 2 heterocycles. The van der Waals surface area contributed by atoms with Crippen LogP contribution in [0.3, 0.4) is 0 Å². The Morgan fingerprint density at radius 2 is 1.93 bits per heavy atom. The average Bonchev–Trinajstić information content (AvgIpc) is 2.70. The van der Waals surface area contributed by atoms with Gasteiger partial charge in [-0.15, -0.1) is 0 Å². The van der Waals surface area contributed by atoms with Gasteiger partial charge in [0.05, 0.1) is 12.0 Å². The van der Waals surface area contributed by atoms with E-state index in [1.165, 1.54) is 5.56 Å². The second-order valence-electron chi connectivity index (χ2n) is 7.29. The van der Waals surface area contributed by atoms with E-state index >= 15 is 0 Å². The van der Waals surface area contributed by atoms with E-state index in [0.717, 1.165) is 24.0 Å². The molecule has 2 aromatic rings. The fourth-order valence-electron chi connectivity index (χ4n) is 3.77. The molecular formula is C22H28N2O3. The van der Waals surface area contributed by atoms with Crippen LogP contribution < -0.4 is 5.32 Å². The van der Waals surface area contributed by atoms with Crippen LogP contribution in [0.25, 0.3) is 11.1 Å². The van der Waals surface area contributed by atoms with Crippen molar-refractivity contribution in [3.8, 4) is 11.1 Å². The Morgan fingerprint density at radius 1 is 1.22 bits per heavy atom. The van der Waals surface area contributed by atoms with Gasteiger partial charge in [-0.05, 0) is 55.0 Å². The maximum Gasteiger partial charge on any atom is 0.227 e. The molecule has 0 bridgehead atoms. The summed E-state index contributed by atoms with van der Waals surface area (Å²) in [6.07, 6.45) is 5.75. The van der Waals surface area contributed by atoms with Crippen molar-refractivity contribution < 1.29 is 14.3 Å². The van der Waals surface area contributed by atoms with Crippen LogP contribution in [0.5, 0.6) is 0 Å². The van der Waals surface area contributed by atoms with Crippen molar-refractivity contribution in [1.29, 1.82) is 0 Å². The van der Waals surface area contributed by atoms with Crippen molar-refractivity contribution in [2.75, 3.05) is 26.9 Å². The van der Waals surface area contributed by atoms with Crippen LogP contribution in [-0.4, -0.2) is 43.9 Å². The quantitative estimate of drug-likeness (QED) is 0.815. The molecule has 0 saturated carbocycles. The van der Waals surface area contributed by atoms with Gasteiger partial charge in [-0.1, -0.05) is 24.3 Å². The highest BCUT2D eigenvalue weighted by molar-refractivity contribution is 5.84. The SMILES string of the molecule is COC[C@H](C)NC(=O)C1(Cc2ccccc2-c2ccncc2)CCOCC1. The molecule has 0 aliphatic carbocycles. The third-order valence-corrected chi connectivity index (χ3v) is 5.26. The van der Waals surface area contributed by atoms with Crippen molar-refractivity contribution in [1.82, 2.24) is 10.3 Å². The minimum atomic E-state index is -0.455. The van der Waals surface area contributed by atoms with Crippen LogP contribution in [0.15, 0.2) is 48.8 Å². The summed E-state index contributed by atoms with van der Waals surface area (Å²) in [5, 5.41) is 3.14. The predicted octanol–water partition coefficient (Wildman–Crippen LogP) is 3.24. The fraction of sp³-hybridized carbons (Fsp3) is 0.455. The molecule has 5 nitrogen and oxygen atoms in total. The van der Waals surface area contributed by atoms with Crippen LogP contribution >= 0.6 is 0 Å². The zero-order chi connectivity index (χ0) is 19.1. The Balaban J connectivity index is 1.89. The number of benzene rings is 1. The molecule has 1 amide bonds. The lowest BCUT2D eigenvalue weighted by atomic mass is 9.73. The van der Waals surface area contributed by atoms with Crippen LogP contribution in [-0.2, 0) is 20.7 Å². The second-order valence-corrected chi connectivity index (χ2v) is 7.29. The third-order valence-electron chi connectivity index (χ3n) is 5.26. The topological polar surface area (TPSA) is 60.5 Å². The summed E-state index contributed by atoms with van der Waals surface area (Å²) >= 11 is 0. The molecule has 27 heavy (non-hydrogen) atoms. The van der Waals surface area contributed by atoms with Crippen LogP contribution in [0.1, 0.15) is 25.3 Å². The van der Waals surface area contributed by atoms with Crippen LogP contribution in [0.2, 0.25) is 0 Å². The van der Waals surface area contributed by atoms with E-state index < -0.39 is 5.41 Å². The van der Waals surface area contributed by atoms with E-state index in [1.54, 1.807) is 19.5 Å². The Labute approximate surface area is 161 Å². The molecule has 0 radical (unpaired) electrons. The highest BCUT2D eigenvalue weighted by atomic mass is 16.5. The van der Waals surface area contributed by atoms with E-state index in [4.69, 9.17) is 9.47 Å². The first-order valence-electron chi connectivity index (χ1n) is 9.50. The number of hydrogen-bond acceptors (Lipinski definition) is 4. The molecule has 1 aliphatic heterocycles. The van der Waals surface area contributed by atoms with Gasteiger partial charge >= 0.3 is 0 Å². The van der Waals surface area contributed by atoms with Gasteiger partial charge in [0.25, 0.3) is 0 Å². The highest BCUT2D eigenvalue weighted by Gasteiger charge is 2.41. The summed E-state index contributed by atoms with van der Waals surface area (Å²) in [6, 6.07) is 12.3. The van der Waals surface area contributed by atoms with Gasteiger partial charge in [-0.25, -0.2) is 0 Å². The fourth-order valence-corrected chi connectivity index (χ4v) is 3.77. The zero-order valence-corrected chi connectivity index (χ0v) is 16.1. The van der Waals surface area contributed by atoms with E-state index in [-0.39, 0.29) is 11.9 Å². The number of pyridine rings is 1. The summed E-state index contributed by atoms with van der Waals surface area (Å²) in [7, 11) is 1.65. The maximum absolute atomic E-state index is 13.2. The molecule has 1 N–H and O–H groups in total. The third kappa shape index (κ3) is 4.73. The molecule has 1 aromatic heterocycles. The number of aromatic nitrogens is 1. The van der Waals surface area contributed by atoms with Gasteiger partial charge in [-0.3, -0.25) is 9.78 Å². The molecule has 0 unspecified atom stereocenters. The number of rotatable bonds is 7. The van der Waals surface area contributed by atoms with E-state index in [2.05, 4.69) is 22.4 Å². The van der Waals surface area contributed by atoms with Crippen molar-refractivity contribution in [2.24, 2.45) is 5.41 Å². The summed E-state index contributed by atoms with van der Waals surface area (Å²) in [5.41, 5.74) is 3.00. The van der Waals surface area contributed by atoms with E-state index in [1.807, 2.05) is 31.2 Å². The standard InChI is InChI=1S/C22H28N2O3/c1-17(16-26-2)24-21(25)22(9-13-27-14-10-22)15-19-5-3-4-6-20(19)18-7-11-23-12-8-18/h3-8,11-12,17H,9-10,13-16H2,1-2H3,(H,24,25)/t17-/m0/s1. The number of carbonyl (C=O) groups excluding carboxylic acids is 1.